The number of carbonyl (C=O) groups excluding carboxylic acids is 1. The molecule has 1 aliphatic rings. The molecule has 0 bridgehead atoms. The van der Waals surface area contributed by atoms with Crippen molar-refractivity contribution in [3.8, 4) is 0 Å². The second kappa shape index (κ2) is 5.79. The third kappa shape index (κ3) is 3.48. The molecular formula is C15H23N3O2. The minimum Gasteiger partial charge on any atom is -0.444 e. The smallest absolute Gasteiger partial charge is 0.410 e. The second-order valence-corrected chi connectivity index (χ2v) is 6.24. The van der Waals surface area contributed by atoms with E-state index in [1.807, 2.05) is 39.0 Å². The lowest BCUT2D eigenvalue weighted by Crippen LogP contribution is -2.35. The molecule has 0 aromatic carbocycles. The highest BCUT2D eigenvalue weighted by molar-refractivity contribution is 5.68. The number of aromatic nitrogens is 1. The van der Waals surface area contributed by atoms with E-state index in [-0.39, 0.29) is 17.9 Å². The summed E-state index contributed by atoms with van der Waals surface area (Å²) in [5, 5.41) is 0. The fraction of sp³-hybridized carbons (Fsp3) is 0.600. The standard InChI is InChI=1S/C15H23N3O2/c1-15(2,3)20-14(19)18-9-11(8-16)12(10-18)13-6-4-5-7-17-13/h4-7,11-12H,8-10,16H2,1-3H3. The summed E-state index contributed by atoms with van der Waals surface area (Å²) in [6.45, 7) is 7.41. The Labute approximate surface area is 120 Å². The minimum absolute atomic E-state index is 0.189. The van der Waals surface area contributed by atoms with Gasteiger partial charge in [-0.2, -0.15) is 0 Å². The lowest BCUT2D eigenvalue weighted by atomic mass is 9.93. The first-order valence-electron chi connectivity index (χ1n) is 6.99. The predicted molar refractivity (Wildman–Crippen MR) is 77.3 cm³/mol. The Kier molecular flexibility index (Phi) is 4.28. The van der Waals surface area contributed by atoms with Gasteiger partial charge in [0.2, 0.25) is 0 Å². The lowest BCUT2D eigenvalue weighted by molar-refractivity contribution is 0.0287. The van der Waals surface area contributed by atoms with Gasteiger partial charge in [0.05, 0.1) is 0 Å². The highest BCUT2D eigenvalue weighted by Gasteiger charge is 2.37. The highest BCUT2D eigenvalue weighted by Crippen LogP contribution is 2.31. The Morgan fingerprint density at radius 2 is 2.20 bits per heavy atom. The van der Waals surface area contributed by atoms with Crippen LogP contribution in [0.4, 0.5) is 4.79 Å². The van der Waals surface area contributed by atoms with Crippen molar-refractivity contribution in [3.63, 3.8) is 0 Å². The van der Waals surface area contributed by atoms with Crippen LogP contribution in [-0.2, 0) is 4.74 Å². The molecule has 5 heteroatoms. The first-order valence-corrected chi connectivity index (χ1v) is 6.99. The number of carbonyl (C=O) groups is 1. The zero-order valence-corrected chi connectivity index (χ0v) is 12.4. The van der Waals surface area contributed by atoms with Gasteiger partial charge in [-0.05, 0) is 45.4 Å². The van der Waals surface area contributed by atoms with E-state index in [0.29, 0.717) is 19.6 Å². The van der Waals surface area contributed by atoms with E-state index < -0.39 is 5.60 Å². The summed E-state index contributed by atoms with van der Waals surface area (Å²) in [4.78, 5) is 18.3. The maximum absolute atomic E-state index is 12.1. The lowest BCUT2D eigenvalue weighted by Gasteiger charge is -2.24. The molecule has 5 nitrogen and oxygen atoms in total. The normalized spacial score (nSPS) is 22.9. The fourth-order valence-electron chi connectivity index (χ4n) is 2.52. The van der Waals surface area contributed by atoms with Crippen molar-refractivity contribution in [1.82, 2.24) is 9.88 Å². The second-order valence-electron chi connectivity index (χ2n) is 6.24. The maximum atomic E-state index is 12.1. The first kappa shape index (κ1) is 14.8. The minimum atomic E-state index is -0.474. The van der Waals surface area contributed by atoms with Crippen molar-refractivity contribution >= 4 is 6.09 Å². The first-order chi connectivity index (χ1) is 9.40. The number of rotatable bonds is 2. The van der Waals surface area contributed by atoms with Gasteiger partial charge in [0.1, 0.15) is 5.60 Å². The van der Waals surface area contributed by atoms with Crippen molar-refractivity contribution in [3.05, 3.63) is 30.1 Å². The van der Waals surface area contributed by atoms with Crippen LogP contribution in [0.5, 0.6) is 0 Å². The van der Waals surface area contributed by atoms with Crippen molar-refractivity contribution < 1.29 is 9.53 Å². The van der Waals surface area contributed by atoms with Crippen LogP contribution >= 0.6 is 0 Å². The summed E-state index contributed by atoms with van der Waals surface area (Å²) in [7, 11) is 0. The number of nitrogens with zero attached hydrogens (tertiary/aromatic N) is 2. The van der Waals surface area contributed by atoms with E-state index in [1.54, 1.807) is 11.1 Å². The molecule has 2 unspecified atom stereocenters. The average Bonchev–Trinajstić information content (AvgIpc) is 2.82. The van der Waals surface area contributed by atoms with Crippen LogP contribution in [0.15, 0.2) is 24.4 Å². The number of pyridine rings is 1. The number of amides is 1. The summed E-state index contributed by atoms with van der Waals surface area (Å²) in [5.74, 6) is 0.422. The largest absolute Gasteiger partial charge is 0.444 e. The van der Waals surface area contributed by atoms with Crippen LogP contribution < -0.4 is 5.73 Å². The van der Waals surface area contributed by atoms with Crippen LogP contribution in [0.3, 0.4) is 0 Å². The van der Waals surface area contributed by atoms with Gasteiger partial charge < -0.3 is 15.4 Å². The highest BCUT2D eigenvalue weighted by atomic mass is 16.6. The molecule has 20 heavy (non-hydrogen) atoms. The Morgan fingerprint density at radius 1 is 1.45 bits per heavy atom. The van der Waals surface area contributed by atoms with E-state index in [4.69, 9.17) is 10.5 Å². The molecule has 0 spiro atoms. The van der Waals surface area contributed by atoms with Gasteiger partial charge >= 0.3 is 6.09 Å². The summed E-state index contributed by atoms with van der Waals surface area (Å²) in [5.41, 5.74) is 6.37. The van der Waals surface area contributed by atoms with Gasteiger partial charge in [-0.3, -0.25) is 4.98 Å². The van der Waals surface area contributed by atoms with E-state index in [2.05, 4.69) is 4.98 Å². The molecule has 1 saturated heterocycles. The van der Waals surface area contributed by atoms with Crippen molar-refractivity contribution in [1.29, 1.82) is 0 Å². The van der Waals surface area contributed by atoms with E-state index in [1.165, 1.54) is 0 Å². The van der Waals surface area contributed by atoms with Crippen LogP contribution in [0.2, 0.25) is 0 Å². The summed E-state index contributed by atoms with van der Waals surface area (Å²) >= 11 is 0. The van der Waals surface area contributed by atoms with Crippen LogP contribution in [0.1, 0.15) is 32.4 Å². The Balaban J connectivity index is 2.08. The van der Waals surface area contributed by atoms with Gasteiger partial charge in [-0.1, -0.05) is 6.07 Å². The van der Waals surface area contributed by atoms with E-state index >= 15 is 0 Å². The van der Waals surface area contributed by atoms with E-state index in [0.717, 1.165) is 5.69 Å². The summed E-state index contributed by atoms with van der Waals surface area (Å²) in [6, 6.07) is 5.85. The molecule has 2 heterocycles. The van der Waals surface area contributed by atoms with Crippen molar-refractivity contribution in [2.24, 2.45) is 11.7 Å². The van der Waals surface area contributed by atoms with Gasteiger partial charge in [-0.25, -0.2) is 4.79 Å². The average molecular weight is 277 g/mol. The molecule has 1 amide bonds. The summed E-state index contributed by atoms with van der Waals surface area (Å²) < 4.78 is 5.42. The molecule has 1 aliphatic heterocycles. The SMILES string of the molecule is CC(C)(C)OC(=O)N1CC(CN)C(c2ccccn2)C1. The number of nitrogens with two attached hydrogens (primary N) is 1. The van der Waals surface area contributed by atoms with Crippen LogP contribution in [-0.4, -0.2) is 41.2 Å². The summed E-state index contributed by atoms with van der Waals surface area (Å²) in [6.07, 6.45) is 1.51. The fourth-order valence-corrected chi connectivity index (χ4v) is 2.52. The van der Waals surface area contributed by atoms with Gasteiger partial charge in [0.25, 0.3) is 0 Å². The molecule has 1 aromatic rings. The molecule has 2 atom stereocenters. The van der Waals surface area contributed by atoms with Crippen LogP contribution in [0, 0.1) is 5.92 Å². The van der Waals surface area contributed by atoms with Gasteiger partial charge in [0.15, 0.2) is 0 Å². The molecular weight excluding hydrogens is 254 g/mol. The third-order valence-electron chi connectivity index (χ3n) is 3.46. The monoisotopic (exact) mass is 277 g/mol. The zero-order valence-electron chi connectivity index (χ0n) is 12.4. The van der Waals surface area contributed by atoms with Crippen molar-refractivity contribution in [2.45, 2.75) is 32.3 Å². The topological polar surface area (TPSA) is 68.5 Å². The third-order valence-corrected chi connectivity index (χ3v) is 3.46. The molecule has 0 radical (unpaired) electrons. The molecule has 0 saturated carbocycles. The van der Waals surface area contributed by atoms with Gasteiger partial charge in [0, 0.05) is 30.9 Å². The number of likely N-dealkylation sites (tertiary alicyclic amines) is 1. The Bertz CT molecular complexity index is 456. The quantitative estimate of drug-likeness (QED) is 0.897. The van der Waals surface area contributed by atoms with E-state index in [9.17, 15) is 4.79 Å². The number of ether oxygens (including phenoxy) is 1. The molecule has 2 rings (SSSR count). The Hall–Kier alpha value is -1.62. The maximum Gasteiger partial charge on any atom is 0.410 e. The number of hydrogen-bond donors (Lipinski definition) is 1. The van der Waals surface area contributed by atoms with Crippen molar-refractivity contribution in [2.75, 3.05) is 19.6 Å². The van der Waals surface area contributed by atoms with Gasteiger partial charge in [-0.15, -0.1) is 0 Å². The predicted octanol–water partition coefficient (Wildman–Crippen LogP) is 1.99. The molecule has 110 valence electrons. The number of hydrogen-bond acceptors (Lipinski definition) is 4. The molecule has 2 N–H and O–H groups in total. The zero-order chi connectivity index (χ0) is 14.8. The molecule has 1 aromatic heterocycles. The molecule has 0 aliphatic carbocycles. The molecule has 1 fully saturated rings. The van der Waals surface area contributed by atoms with Crippen LogP contribution in [0.25, 0.3) is 0 Å². The Morgan fingerprint density at radius 3 is 2.75 bits per heavy atom.